The lowest BCUT2D eigenvalue weighted by molar-refractivity contribution is 0.121. The van der Waals surface area contributed by atoms with Crippen LogP contribution in [-0.2, 0) is 0 Å². The average Bonchev–Trinajstić information content (AvgIpc) is 2.71. The Morgan fingerprint density at radius 1 is 1.07 bits per heavy atom. The van der Waals surface area contributed by atoms with Crippen molar-refractivity contribution >= 4 is 6.03 Å². The van der Waals surface area contributed by atoms with Gasteiger partial charge in [-0.3, -0.25) is 4.90 Å². The van der Waals surface area contributed by atoms with Crippen LogP contribution in [0, 0.1) is 5.92 Å². The molecular formula is C21H33N3O3. The summed E-state index contributed by atoms with van der Waals surface area (Å²) in [6, 6.07) is 8.12. The molecule has 150 valence electrons. The van der Waals surface area contributed by atoms with Crippen molar-refractivity contribution < 1.29 is 14.3 Å². The van der Waals surface area contributed by atoms with E-state index in [-0.39, 0.29) is 6.03 Å². The van der Waals surface area contributed by atoms with Crippen molar-refractivity contribution in [3.8, 4) is 11.5 Å². The second-order valence-electron chi connectivity index (χ2n) is 7.67. The summed E-state index contributed by atoms with van der Waals surface area (Å²) in [5, 5.41) is 3.26. The molecule has 1 saturated carbocycles. The smallest absolute Gasteiger partial charge is 0.317 e. The number of carbonyl (C=O) groups is 1. The van der Waals surface area contributed by atoms with Gasteiger partial charge in [0.15, 0.2) is 0 Å². The van der Waals surface area contributed by atoms with Crippen LogP contribution < -0.4 is 14.8 Å². The number of urea groups is 1. The molecule has 27 heavy (non-hydrogen) atoms. The maximum absolute atomic E-state index is 12.5. The molecule has 1 aromatic carbocycles. The van der Waals surface area contributed by atoms with Gasteiger partial charge in [-0.25, -0.2) is 4.79 Å². The second-order valence-corrected chi connectivity index (χ2v) is 7.67. The largest absolute Gasteiger partial charge is 0.497 e. The van der Waals surface area contributed by atoms with Gasteiger partial charge in [0.1, 0.15) is 18.1 Å². The molecule has 0 bridgehead atoms. The first-order valence-electron chi connectivity index (χ1n) is 10.2. The SMILES string of the molecule is COc1ccc(OCCN2CCN(C(=O)NC3CCCCC3C)CC2)cc1. The number of methoxy groups -OCH3 is 1. The lowest BCUT2D eigenvalue weighted by atomic mass is 9.86. The first-order valence-corrected chi connectivity index (χ1v) is 10.2. The fraction of sp³-hybridized carbons (Fsp3) is 0.667. The Balaban J connectivity index is 1.34. The summed E-state index contributed by atoms with van der Waals surface area (Å²) in [5.41, 5.74) is 0. The van der Waals surface area contributed by atoms with Crippen LogP contribution >= 0.6 is 0 Å². The van der Waals surface area contributed by atoms with Crippen LogP contribution in [0.25, 0.3) is 0 Å². The Bertz CT molecular complexity index is 585. The van der Waals surface area contributed by atoms with E-state index in [1.807, 2.05) is 29.2 Å². The highest BCUT2D eigenvalue weighted by Crippen LogP contribution is 2.24. The first kappa shape index (κ1) is 19.8. The third-order valence-corrected chi connectivity index (χ3v) is 5.82. The zero-order valence-electron chi connectivity index (χ0n) is 16.7. The lowest BCUT2D eigenvalue weighted by Gasteiger charge is -2.37. The molecule has 1 aliphatic heterocycles. The van der Waals surface area contributed by atoms with Crippen molar-refractivity contribution in [3.63, 3.8) is 0 Å². The molecule has 6 heteroatoms. The van der Waals surface area contributed by atoms with Crippen molar-refractivity contribution in [2.45, 2.75) is 38.6 Å². The van der Waals surface area contributed by atoms with Crippen LogP contribution in [0.4, 0.5) is 4.79 Å². The number of nitrogens with zero attached hydrogens (tertiary/aromatic N) is 2. The molecule has 1 heterocycles. The zero-order valence-corrected chi connectivity index (χ0v) is 16.7. The number of nitrogens with one attached hydrogen (secondary N) is 1. The first-order chi connectivity index (χ1) is 13.2. The van der Waals surface area contributed by atoms with Crippen LogP contribution in [-0.4, -0.2) is 68.3 Å². The Morgan fingerprint density at radius 2 is 1.74 bits per heavy atom. The summed E-state index contributed by atoms with van der Waals surface area (Å²) in [7, 11) is 1.66. The molecule has 2 aliphatic rings. The predicted octanol–water partition coefficient (Wildman–Crippen LogP) is 2.98. The number of benzene rings is 1. The molecule has 0 aromatic heterocycles. The number of amides is 2. The van der Waals surface area contributed by atoms with Crippen LogP contribution in [0.1, 0.15) is 32.6 Å². The average molecular weight is 376 g/mol. The highest BCUT2D eigenvalue weighted by atomic mass is 16.5. The number of piperazine rings is 1. The van der Waals surface area contributed by atoms with E-state index in [9.17, 15) is 4.79 Å². The Kier molecular flexibility index (Phi) is 7.21. The van der Waals surface area contributed by atoms with E-state index in [2.05, 4.69) is 17.1 Å². The van der Waals surface area contributed by atoms with E-state index in [0.29, 0.717) is 18.6 Å². The van der Waals surface area contributed by atoms with Gasteiger partial charge in [-0.05, 0) is 43.0 Å². The quantitative estimate of drug-likeness (QED) is 0.831. The third kappa shape index (κ3) is 5.76. The third-order valence-electron chi connectivity index (χ3n) is 5.82. The standard InChI is InChI=1S/C21H33N3O3/c1-17-5-3-4-6-20(17)22-21(25)24-13-11-23(12-14-24)15-16-27-19-9-7-18(26-2)8-10-19/h7-10,17,20H,3-6,11-16H2,1-2H3,(H,22,25). The van der Waals surface area contributed by atoms with Gasteiger partial charge in [0, 0.05) is 38.8 Å². The normalized spacial score (nSPS) is 23.7. The molecule has 2 fully saturated rings. The molecule has 1 N–H and O–H groups in total. The number of ether oxygens (including phenoxy) is 2. The van der Waals surface area contributed by atoms with E-state index in [1.54, 1.807) is 7.11 Å². The zero-order chi connectivity index (χ0) is 19.1. The number of hydrogen-bond acceptors (Lipinski definition) is 4. The summed E-state index contributed by atoms with van der Waals surface area (Å²) >= 11 is 0. The molecular weight excluding hydrogens is 342 g/mol. The molecule has 2 unspecified atom stereocenters. The van der Waals surface area contributed by atoms with Crippen molar-refractivity contribution in [1.29, 1.82) is 0 Å². The summed E-state index contributed by atoms with van der Waals surface area (Å²) in [6.07, 6.45) is 4.88. The fourth-order valence-electron chi connectivity index (χ4n) is 3.92. The Hall–Kier alpha value is -1.95. The highest BCUT2D eigenvalue weighted by Gasteiger charge is 2.26. The van der Waals surface area contributed by atoms with E-state index in [0.717, 1.165) is 50.6 Å². The van der Waals surface area contributed by atoms with Crippen LogP contribution in [0.15, 0.2) is 24.3 Å². The van der Waals surface area contributed by atoms with Gasteiger partial charge in [-0.1, -0.05) is 19.8 Å². The van der Waals surface area contributed by atoms with Crippen molar-refractivity contribution in [1.82, 2.24) is 15.1 Å². The van der Waals surface area contributed by atoms with Gasteiger partial charge < -0.3 is 19.7 Å². The molecule has 0 spiro atoms. The number of carbonyl (C=O) groups excluding carboxylic acids is 1. The molecule has 2 atom stereocenters. The van der Waals surface area contributed by atoms with Gasteiger partial charge in [-0.15, -0.1) is 0 Å². The van der Waals surface area contributed by atoms with Gasteiger partial charge in [0.2, 0.25) is 0 Å². The van der Waals surface area contributed by atoms with Gasteiger partial charge in [-0.2, -0.15) is 0 Å². The van der Waals surface area contributed by atoms with Crippen LogP contribution in [0.3, 0.4) is 0 Å². The molecule has 0 radical (unpaired) electrons. The summed E-state index contributed by atoms with van der Waals surface area (Å²) in [6.45, 7) is 7.16. The van der Waals surface area contributed by atoms with E-state index >= 15 is 0 Å². The number of rotatable bonds is 6. The number of hydrogen-bond donors (Lipinski definition) is 1. The summed E-state index contributed by atoms with van der Waals surface area (Å²) in [5.74, 6) is 2.29. The minimum absolute atomic E-state index is 0.114. The van der Waals surface area contributed by atoms with E-state index in [1.165, 1.54) is 19.3 Å². The minimum atomic E-state index is 0.114. The molecule has 1 aromatic rings. The van der Waals surface area contributed by atoms with Crippen LogP contribution in [0.5, 0.6) is 11.5 Å². The maximum Gasteiger partial charge on any atom is 0.317 e. The van der Waals surface area contributed by atoms with Crippen LogP contribution in [0.2, 0.25) is 0 Å². The monoisotopic (exact) mass is 375 g/mol. The topological polar surface area (TPSA) is 54.0 Å². The molecule has 2 amide bonds. The molecule has 6 nitrogen and oxygen atoms in total. The molecule has 1 aliphatic carbocycles. The van der Waals surface area contributed by atoms with Gasteiger partial charge in [0.05, 0.1) is 7.11 Å². The molecule has 1 saturated heterocycles. The van der Waals surface area contributed by atoms with Crippen molar-refractivity contribution in [2.24, 2.45) is 5.92 Å². The van der Waals surface area contributed by atoms with Crippen molar-refractivity contribution in [3.05, 3.63) is 24.3 Å². The van der Waals surface area contributed by atoms with Gasteiger partial charge in [0.25, 0.3) is 0 Å². The highest BCUT2D eigenvalue weighted by molar-refractivity contribution is 5.74. The predicted molar refractivity (Wildman–Crippen MR) is 106 cm³/mol. The summed E-state index contributed by atoms with van der Waals surface area (Å²) < 4.78 is 11.0. The van der Waals surface area contributed by atoms with E-state index in [4.69, 9.17) is 9.47 Å². The minimum Gasteiger partial charge on any atom is -0.497 e. The van der Waals surface area contributed by atoms with Crippen molar-refractivity contribution in [2.75, 3.05) is 46.4 Å². The summed E-state index contributed by atoms with van der Waals surface area (Å²) in [4.78, 5) is 16.8. The molecule has 3 rings (SSSR count). The second kappa shape index (κ2) is 9.83. The lowest BCUT2D eigenvalue weighted by Crippen LogP contribution is -2.55. The maximum atomic E-state index is 12.5. The van der Waals surface area contributed by atoms with Gasteiger partial charge >= 0.3 is 6.03 Å². The van der Waals surface area contributed by atoms with E-state index < -0.39 is 0 Å². The fourth-order valence-corrected chi connectivity index (χ4v) is 3.92. The Labute approximate surface area is 162 Å². The Morgan fingerprint density at radius 3 is 2.41 bits per heavy atom.